The molecule has 1 heterocycles. The van der Waals surface area contributed by atoms with Crippen molar-refractivity contribution in [1.29, 1.82) is 0 Å². The molecule has 2 aromatic rings. The van der Waals surface area contributed by atoms with Crippen LogP contribution in [0.15, 0.2) is 48.5 Å². The van der Waals surface area contributed by atoms with E-state index in [9.17, 15) is 18.7 Å². The van der Waals surface area contributed by atoms with Gasteiger partial charge in [0.1, 0.15) is 18.5 Å². The lowest BCUT2D eigenvalue weighted by molar-refractivity contribution is -0.118. The van der Waals surface area contributed by atoms with Gasteiger partial charge in [0.25, 0.3) is 0 Å². The molecule has 0 radical (unpaired) electrons. The van der Waals surface area contributed by atoms with Gasteiger partial charge in [-0.1, -0.05) is 12.1 Å². The number of para-hydroxylation sites is 1. The Kier molecular flexibility index (Phi) is 7.73. The first-order valence-electron chi connectivity index (χ1n) is 9.98. The molecule has 2 aromatic carbocycles. The van der Waals surface area contributed by atoms with E-state index >= 15 is 0 Å². The molecule has 1 amide bonds. The molecular formula is C22H27F2N3O3. The van der Waals surface area contributed by atoms with E-state index in [1.807, 2.05) is 11.8 Å². The van der Waals surface area contributed by atoms with Crippen LogP contribution in [0.5, 0.6) is 5.75 Å². The molecule has 30 heavy (non-hydrogen) atoms. The highest BCUT2D eigenvalue weighted by molar-refractivity contribution is 5.92. The van der Waals surface area contributed by atoms with Gasteiger partial charge in [0.15, 0.2) is 11.6 Å². The molecule has 1 fully saturated rings. The molecule has 0 aromatic heterocycles. The summed E-state index contributed by atoms with van der Waals surface area (Å²) in [5, 5.41) is 13.0. The number of hydrogen-bond donors (Lipinski definition) is 2. The quantitative estimate of drug-likeness (QED) is 0.688. The Morgan fingerprint density at radius 1 is 1.20 bits per heavy atom. The standard InChI is InChI=1S/C22H27F2N3O3/c1-16-12-26(14-22(29)25-18-8-6-17(23)7-9-18)10-11-27(16)13-19(28)15-30-21-5-3-2-4-20(21)24/h2-9,16,19,28H,10-15H2,1H3,(H,25,29)/t16-,19-/m0/s1. The van der Waals surface area contributed by atoms with E-state index in [0.29, 0.717) is 31.9 Å². The number of benzene rings is 2. The number of hydrogen-bond acceptors (Lipinski definition) is 5. The van der Waals surface area contributed by atoms with E-state index in [1.54, 1.807) is 12.1 Å². The Morgan fingerprint density at radius 2 is 1.93 bits per heavy atom. The van der Waals surface area contributed by atoms with E-state index in [2.05, 4.69) is 10.2 Å². The van der Waals surface area contributed by atoms with Crippen LogP contribution in [0, 0.1) is 11.6 Å². The summed E-state index contributed by atoms with van der Waals surface area (Å²) < 4.78 is 31.9. The topological polar surface area (TPSA) is 65.0 Å². The molecule has 1 saturated heterocycles. The van der Waals surface area contributed by atoms with Crippen molar-refractivity contribution >= 4 is 11.6 Å². The maximum atomic E-state index is 13.6. The second-order valence-electron chi connectivity index (χ2n) is 7.53. The van der Waals surface area contributed by atoms with Crippen LogP contribution in [0.3, 0.4) is 0 Å². The number of ether oxygens (including phenoxy) is 1. The van der Waals surface area contributed by atoms with Gasteiger partial charge in [-0.05, 0) is 43.3 Å². The van der Waals surface area contributed by atoms with Crippen LogP contribution in [0.25, 0.3) is 0 Å². The lowest BCUT2D eigenvalue weighted by atomic mass is 10.1. The van der Waals surface area contributed by atoms with Gasteiger partial charge in [0.2, 0.25) is 5.91 Å². The Balaban J connectivity index is 1.40. The lowest BCUT2D eigenvalue weighted by Gasteiger charge is -2.40. The predicted molar refractivity (Wildman–Crippen MR) is 110 cm³/mol. The molecule has 2 atom stereocenters. The van der Waals surface area contributed by atoms with E-state index in [4.69, 9.17) is 4.74 Å². The smallest absolute Gasteiger partial charge is 0.238 e. The van der Waals surface area contributed by atoms with Crippen molar-refractivity contribution < 1.29 is 23.4 Å². The molecule has 0 spiro atoms. The van der Waals surface area contributed by atoms with Crippen LogP contribution in [-0.4, -0.2) is 72.3 Å². The van der Waals surface area contributed by atoms with Gasteiger partial charge in [0.05, 0.1) is 6.54 Å². The minimum Gasteiger partial charge on any atom is -0.488 e. The Labute approximate surface area is 175 Å². The number of rotatable bonds is 8. The van der Waals surface area contributed by atoms with Crippen molar-refractivity contribution in [2.24, 2.45) is 0 Å². The SMILES string of the molecule is C[C@H]1CN(CC(=O)Nc2ccc(F)cc2)CCN1C[C@H](O)COc1ccccc1F. The molecule has 8 heteroatoms. The summed E-state index contributed by atoms with van der Waals surface area (Å²) in [6.07, 6.45) is -0.750. The number of halogens is 2. The first kappa shape index (κ1) is 22.1. The summed E-state index contributed by atoms with van der Waals surface area (Å²) in [4.78, 5) is 16.4. The van der Waals surface area contributed by atoms with E-state index in [-0.39, 0.29) is 36.7 Å². The second kappa shape index (κ2) is 10.5. The van der Waals surface area contributed by atoms with E-state index < -0.39 is 11.9 Å². The third-order valence-corrected chi connectivity index (χ3v) is 5.06. The number of piperazine rings is 1. The van der Waals surface area contributed by atoms with Gasteiger partial charge in [-0.2, -0.15) is 0 Å². The number of nitrogens with zero attached hydrogens (tertiary/aromatic N) is 2. The van der Waals surface area contributed by atoms with E-state index in [0.717, 1.165) is 0 Å². The maximum absolute atomic E-state index is 13.6. The van der Waals surface area contributed by atoms with Gasteiger partial charge in [-0.15, -0.1) is 0 Å². The molecule has 162 valence electrons. The number of aliphatic hydroxyl groups excluding tert-OH is 1. The number of β-amino-alcohol motifs (C(OH)–C–C–N with tert-alkyl or cyclic N) is 1. The average Bonchev–Trinajstić information content (AvgIpc) is 2.71. The normalized spacial score (nSPS) is 18.7. The summed E-state index contributed by atoms with van der Waals surface area (Å²) in [6.45, 7) is 4.75. The van der Waals surface area contributed by atoms with Crippen LogP contribution in [0.4, 0.5) is 14.5 Å². The summed E-state index contributed by atoms with van der Waals surface area (Å²) in [5.41, 5.74) is 0.561. The minimum absolute atomic E-state index is 0.00788. The second-order valence-corrected chi connectivity index (χ2v) is 7.53. The van der Waals surface area contributed by atoms with E-state index in [1.165, 1.54) is 36.4 Å². The first-order valence-corrected chi connectivity index (χ1v) is 9.98. The van der Waals surface area contributed by atoms with Crippen molar-refractivity contribution in [3.05, 3.63) is 60.2 Å². The number of anilines is 1. The maximum Gasteiger partial charge on any atom is 0.238 e. The predicted octanol–water partition coefficient (Wildman–Crippen LogP) is 2.35. The highest BCUT2D eigenvalue weighted by atomic mass is 19.1. The zero-order valence-electron chi connectivity index (χ0n) is 16.9. The van der Waals surface area contributed by atoms with Gasteiger partial charge in [-0.3, -0.25) is 14.6 Å². The van der Waals surface area contributed by atoms with Gasteiger partial charge < -0.3 is 15.2 Å². The minimum atomic E-state index is -0.750. The van der Waals surface area contributed by atoms with Gasteiger partial charge >= 0.3 is 0 Å². The van der Waals surface area contributed by atoms with Crippen molar-refractivity contribution in [3.63, 3.8) is 0 Å². The Hall–Kier alpha value is -2.55. The summed E-state index contributed by atoms with van der Waals surface area (Å²) in [5.74, 6) is -0.827. The summed E-state index contributed by atoms with van der Waals surface area (Å²) in [6, 6.07) is 11.9. The fourth-order valence-corrected chi connectivity index (χ4v) is 3.49. The van der Waals surface area contributed by atoms with Crippen LogP contribution in [0.1, 0.15) is 6.92 Å². The van der Waals surface area contributed by atoms with Crippen LogP contribution in [0.2, 0.25) is 0 Å². The monoisotopic (exact) mass is 419 g/mol. The van der Waals surface area contributed by atoms with Crippen molar-refractivity contribution in [2.45, 2.75) is 19.1 Å². The molecule has 6 nitrogen and oxygen atoms in total. The number of nitrogens with one attached hydrogen (secondary N) is 1. The zero-order chi connectivity index (χ0) is 21.5. The lowest BCUT2D eigenvalue weighted by Crippen LogP contribution is -2.55. The highest BCUT2D eigenvalue weighted by Gasteiger charge is 2.26. The van der Waals surface area contributed by atoms with Crippen molar-refractivity contribution in [2.75, 3.05) is 44.6 Å². The molecule has 1 aliphatic rings. The van der Waals surface area contributed by atoms with Crippen LogP contribution < -0.4 is 10.1 Å². The molecule has 0 saturated carbocycles. The molecular weight excluding hydrogens is 392 g/mol. The summed E-state index contributed by atoms with van der Waals surface area (Å²) >= 11 is 0. The number of carbonyl (C=O) groups excluding carboxylic acids is 1. The van der Waals surface area contributed by atoms with Crippen LogP contribution >= 0.6 is 0 Å². The molecule has 3 rings (SSSR count). The third-order valence-electron chi connectivity index (χ3n) is 5.06. The summed E-state index contributed by atoms with van der Waals surface area (Å²) in [7, 11) is 0. The number of carbonyl (C=O) groups is 1. The third kappa shape index (κ3) is 6.48. The molecule has 0 bridgehead atoms. The average molecular weight is 419 g/mol. The number of aliphatic hydroxyl groups is 1. The van der Waals surface area contributed by atoms with Crippen molar-refractivity contribution in [3.8, 4) is 5.75 Å². The molecule has 2 N–H and O–H groups in total. The largest absolute Gasteiger partial charge is 0.488 e. The highest BCUT2D eigenvalue weighted by Crippen LogP contribution is 2.16. The fourth-order valence-electron chi connectivity index (χ4n) is 3.49. The Morgan fingerprint density at radius 3 is 2.63 bits per heavy atom. The molecule has 1 aliphatic heterocycles. The van der Waals surface area contributed by atoms with Gasteiger partial charge in [0, 0.05) is 37.9 Å². The molecule has 0 unspecified atom stereocenters. The van der Waals surface area contributed by atoms with Crippen LogP contribution in [-0.2, 0) is 4.79 Å². The fraction of sp³-hybridized carbons (Fsp3) is 0.409. The zero-order valence-corrected chi connectivity index (χ0v) is 16.9. The number of amides is 1. The van der Waals surface area contributed by atoms with Crippen molar-refractivity contribution in [1.82, 2.24) is 9.80 Å². The van der Waals surface area contributed by atoms with Gasteiger partial charge in [-0.25, -0.2) is 8.78 Å². The Bertz CT molecular complexity index is 835. The molecule has 0 aliphatic carbocycles. The first-order chi connectivity index (χ1) is 14.4.